The maximum absolute atomic E-state index is 6.04. The van der Waals surface area contributed by atoms with Crippen LogP contribution in [0.1, 0.15) is 31.7 Å². The average Bonchev–Trinajstić information content (AvgIpc) is 2.32. The summed E-state index contributed by atoms with van der Waals surface area (Å²) in [4.78, 5) is 0. The van der Waals surface area contributed by atoms with Gasteiger partial charge in [0, 0.05) is 0 Å². The van der Waals surface area contributed by atoms with Crippen molar-refractivity contribution in [1.29, 1.82) is 0 Å². The van der Waals surface area contributed by atoms with Gasteiger partial charge in [-0.1, -0.05) is 31.0 Å². The summed E-state index contributed by atoms with van der Waals surface area (Å²) in [5, 5.41) is 4.07. The number of rotatable bonds is 8. The number of hydrogen-bond donors (Lipinski definition) is 1. The molecule has 0 aliphatic carbocycles. The van der Waals surface area contributed by atoms with Crippen molar-refractivity contribution in [3.63, 3.8) is 0 Å². The lowest BCUT2D eigenvalue weighted by atomic mass is 10.2. The maximum atomic E-state index is 6.04. The molecular formula is C14H22ClNO. The third kappa shape index (κ3) is 5.94. The molecule has 0 spiro atoms. The Balaban J connectivity index is 2.15. The van der Waals surface area contributed by atoms with Gasteiger partial charge < -0.3 is 10.1 Å². The largest absolute Gasteiger partial charge is 0.492 e. The first-order valence-corrected chi connectivity index (χ1v) is 6.71. The molecule has 0 aliphatic rings. The minimum Gasteiger partial charge on any atom is -0.492 e. The van der Waals surface area contributed by atoms with Crippen molar-refractivity contribution in [3.05, 3.63) is 28.8 Å². The summed E-state index contributed by atoms with van der Waals surface area (Å²) in [7, 11) is 0. The predicted molar refractivity (Wildman–Crippen MR) is 74.1 cm³/mol. The summed E-state index contributed by atoms with van der Waals surface area (Å²) in [6.07, 6.45) is 3.49. The molecule has 0 aromatic heterocycles. The first-order chi connectivity index (χ1) is 8.24. The van der Waals surface area contributed by atoms with Crippen LogP contribution in [0.3, 0.4) is 0 Å². The standard InChI is InChI=1S/C14H22ClNO/c1-3-4-8-16-9-5-10-17-14-11-12(2)6-7-13(14)15/h6-7,11,16H,3-5,8-10H2,1-2H3. The van der Waals surface area contributed by atoms with Crippen LogP contribution in [-0.2, 0) is 0 Å². The van der Waals surface area contributed by atoms with Crippen molar-refractivity contribution < 1.29 is 4.74 Å². The van der Waals surface area contributed by atoms with Crippen molar-refractivity contribution in [2.24, 2.45) is 0 Å². The van der Waals surface area contributed by atoms with Crippen LogP contribution in [0.5, 0.6) is 5.75 Å². The zero-order chi connectivity index (χ0) is 12.5. The minimum atomic E-state index is 0.689. The summed E-state index contributed by atoms with van der Waals surface area (Å²) in [6, 6.07) is 5.85. The van der Waals surface area contributed by atoms with Crippen LogP contribution >= 0.6 is 11.6 Å². The van der Waals surface area contributed by atoms with Crippen LogP contribution < -0.4 is 10.1 Å². The molecule has 0 saturated heterocycles. The van der Waals surface area contributed by atoms with E-state index in [-0.39, 0.29) is 0 Å². The van der Waals surface area contributed by atoms with Gasteiger partial charge in [0.15, 0.2) is 0 Å². The molecule has 0 amide bonds. The van der Waals surface area contributed by atoms with Crippen molar-refractivity contribution in [1.82, 2.24) is 5.32 Å². The Kier molecular flexibility index (Phi) is 7.06. The van der Waals surface area contributed by atoms with Gasteiger partial charge in [-0.25, -0.2) is 0 Å². The fourth-order valence-corrected chi connectivity index (χ4v) is 1.70. The normalized spacial score (nSPS) is 10.5. The molecule has 0 fully saturated rings. The summed E-state index contributed by atoms with van der Waals surface area (Å²) >= 11 is 6.04. The van der Waals surface area contributed by atoms with E-state index in [2.05, 4.69) is 12.2 Å². The molecule has 1 aromatic rings. The lowest BCUT2D eigenvalue weighted by Crippen LogP contribution is -2.18. The third-order valence-corrected chi connectivity index (χ3v) is 2.86. The van der Waals surface area contributed by atoms with E-state index in [0.717, 1.165) is 25.3 Å². The smallest absolute Gasteiger partial charge is 0.138 e. The lowest BCUT2D eigenvalue weighted by molar-refractivity contribution is 0.308. The number of nitrogens with one attached hydrogen (secondary N) is 1. The van der Waals surface area contributed by atoms with Crippen LogP contribution in [0.25, 0.3) is 0 Å². The molecule has 0 atom stereocenters. The number of hydrogen-bond acceptors (Lipinski definition) is 2. The molecule has 0 bridgehead atoms. The molecule has 0 saturated carbocycles. The zero-order valence-electron chi connectivity index (χ0n) is 10.8. The summed E-state index contributed by atoms with van der Waals surface area (Å²) < 4.78 is 5.65. The molecule has 0 radical (unpaired) electrons. The van der Waals surface area contributed by atoms with Crippen LogP contribution in [0.4, 0.5) is 0 Å². The predicted octanol–water partition coefficient (Wildman–Crippen LogP) is 3.81. The SMILES string of the molecule is CCCCNCCCOc1cc(C)ccc1Cl. The Morgan fingerprint density at radius 3 is 2.76 bits per heavy atom. The van der Waals surface area contributed by atoms with Crippen LogP contribution in [0.2, 0.25) is 5.02 Å². The molecule has 0 unspecified atom stereocenters. The Morgan fingerprint density at radius 1 is 1.24 bits per heavy atom. The van der Waals surface area contributed by atoms with Gasteiger partial charge in [0.2, 0.25) is 0 Å². The van der Waals surface area contributed by atoms with E-state index in [1.807, 2.05) is 25.1 Å². The van der Waals surface area contributed by atoms with Crippen LogP contribution in [-0.4, -0.2) is 19.7 Å². The van der Waals surface area contributed by atoms with Crippen LogP contribution in [0, 0.1) is 6.92 Å². The summed E-state index contributed by atoms with van der Waals surface area (Å²) in [6.45, 7) is 7.05. The summed E-state index contributed by atoms with van der Waals surface area (Å²) in [5.41, 5.74) is 1.17. The van der Waals surface area contributed by atoms with E-state index in [1.165, 1.54) is 18.4 Å². The Hall–Kier alpha value is -0.730. The number of halogens is 1. The highest BCUT2D eigenvalue weighted by atomic mass is 35.5. The quantitative estimate of drug-likeness (QED) is 0.714. The van der Waals surface area contributed by atoms with E-state index in [9.17, 15) is 0 Å². The van der Waals surface area contributed by atoms with Gasteiger partial charge in [0.25, 0.3) is 0 Å². The van der Waals surface area contributed by atoms with Gasteiger partial charge >= 0.3 is 0 Å². The molecule has 1 N–H and O–H groups in total. The fraction of sp³-hybridized carbons (Fsp3) is 0.571. The van der Waals surface area contributed by atoms with Gasteiger partial charge in [-0.05, 0) is 50.6 Å². The van der Waals surface area contributed by atoms with Gasteiger partial charge in [-0.15, -0.1) is 0 Å². The maximum Gasteiger partial charge on any atom is 0.138 e. The number of unbranched alkanes of at least 4 members (excludes halogenated alkanes) is 1. The van der Waals surface area contributed by atoms with Gasteiger partial charge in [-0.3, -0.25) is 0 Å². The van der Waals surface area contributed by atoms with Crippen molar-refractivity contribution in [2.75, 3.05) is 19.7 Å². The van der Waals surface area contributed by atoms with E-state index in [1.54, 1.807) is 0 Å². The third-order valence-electron chi connectivity index (χ3n) is 2.55. The van der Waals surface area contributed by atoms with Gasteiger partial charge in [-0.2, -0.15) is 0 Å². The Labute approximate surface area is 109 Å². The second-order valence-corrected chi connectivity index (χ2v) is 4.65. The highest BCUT2D eigenvalue weighted by molar-refractivity contribution is 6.32. The molecule has 3 heteroatoms. The molecule has 1 aromatic carbocycles. The van der Waals surface area contributed by atoms with Gasteiger partial charge in [0.1, 0.15) is 5.75 Å². The van der Waals surface area contributed by atoms with E-state index < -0.39 is 0 Å². The molecule has 17 heavy (non-hydrogen) atoms. The second-order valence-electron chi connectivity index (χ2n) is 4.24. The van der Waals surface area contributed by atoms with Crippen molar-refractivity contribution >= 4 is 11.6 Å². The lowest BCUT2D eigenvalue weighted by Gasteiger charge is -2.09. The minimum absolute atomic E-state index is 0.689. The molecule has 2 nitrogen and oxygen atoms in total. The zero-order valence-corrected chi connectivity index (χ0v) is 11.5. The van der Waals surface area contributed by atoms with Gasteiger partial charge in [0.05, 0.1) is 11.6 Å². The number of ether oxygens (including phenoxy) is 1. The number of benzene rings is 1. The van der Waals surface area contributed by atoms with Crippen molar-refractivity contribution in [2.45, 2.75) is 33.1 Å². The Bertz CT molecular complexity index is 328. The number of aryl methyl sites for hydroxylation is 1. The molecule has 0 heterocycles. The monoisotopic (exact) mass is 255 g/mol. The molecule has 0 aliphatic heterocycles. The Morgan fingerprint density at radius 2 is 2.00 bits per heavy atom. The highest BCUT2D eigenvalue weighted by Gasteiger charge is 2.00. The molecule has 1 rings (SSSR count). The molecule has 96 valence electrons. The van der Waals surface area contributed by atoms with Crippen LogP contribution in [0.15, 0.2) is 18.2 Å². The fourth-order valence-electron chi connectivity index (χ4n) is 1.53. The first-order valence-electron chi connectivity index (χ1n) is 6.33. The average molecular weight is 256 g/mol. The van der Waals surface area contributed by atoms with E-state index >= 15 is 0 Å². The summed E-state index contributed by atoms with van der Waals surface area (Å²) in [5.74, 6) is 0.792. The highest BCUT2D eigenvalue weighted by Crippen LogP contribution is 2.25. The molecular weight excluding hydrogens is 234 g/mol. The second kappa shape index (κ2) is 8.37. The topological polar surface area (TPSA) is 21.3 Å². The van der Waals surface area contributed by atoms with E-state index in [0.29, 0.717) is 11.6 Å². The van der Waals surface area contributed by atoms with Crippen molar-refractivity contribution in [3.8, 4) is 5.75 Å². The first kappa shape index (κ1) is 14.3. The van der Waals surface area contributed by atoms with E-state index in [4.69, 9.17) is 16.3 Å².